The minimum absolute atomic E-state index is 0.00210. The molecule has 6 rings (SSSR count). The van der Waals surface area contributed by atoms with Crippen LogP contribution in [0.2, 0.25) is 0 Å². The number of nitrogens with one attached hydrogen (secondary N) is 1. The number of halogens is 1. The first-order valence-corrected chi connectivity index (χ1v) is 20.2. The lowest BCUT2D eigenvalue weighted by atomic mass is 9.81. The Balaban J connectivity index is 1.04. The van der Waals surface area contributed by atoms with Crippen molar-refractivity contribution in [2.75, 3.05) is 19.4 Å². The van der Waals surface area contributed by atoms with Crippen molar-refractivity contribution in [3.63, 3.8) is 0 Å². The Morgan fingerprint density at radius 2 is 1.46 bits per heavy atom. The number of amides is 1. The lowest BCUT2D eigenvalue weighted by Crippen LogP contribution is -2.43. The number of carbonyl (C=O) groups excluding carboxylic acids is 1. The van der Waals surface area contributed by atoms with Gasteiger partial charge in [-0.3, -0.25) is 9.69 Å². The minimum Gasteiger partial charge on any atom is -0.491 e. The van der Waals surface area contributed by atoms with Crippen molar-refractivity contribution in [1.29, 1.82) is 0 Å². The Bertz CT molecular complexity index is 2050. The Labute approximate surface area is 317 Å². The number of hydrogen-bond donors (Lipinski definition) is 2. The van der Waals surface area contributed by atoms with Gasteiger partial charge in [-0.15, -0.1) is 0 Å². The second-order valence-corrected chi connectivity index (χ2v) is 16.0. The summed E-state index contributed by atoms with van der Waals surface area (Å²) < 4.78 is 50.4. The molecule has 1 atom stereocenters. The lowest BCUT2D eigenvalue weighted by molar-refractivity contribution is 0.0383. The minimum atomic E-state index is -3.61. The molecule has 0 radical (unpaired) electrons. The molecule has 5 aromatic rings. The normalized spacial score (nSPS) is 16.4. The van der Waals surface area contributed by atoms with E-state index in [4.69, 9.17) is 9.47 Å². The smallest absolute Gasteiger partial charge is 0.251 e. The van der Waals surface area contributed by atoms with E-state index in [1.165, 1.54) is 23.8 Å². The van der Waals surface area contributed by atoms with Gasteiger partial charge in [0.25, 0.3) is 5.91 Å². The number of ether oxygens (including phenoxy) is 2. The number of hydrogen-bond acceptors (Lipinski definition) is 7. The fourth-order valence-electron chi connectivity index (χ4n) is 6.97. The van der Waals surface area contributed by atoms with E-state index in [0.29, 0.717) is 36.9 Å². The average Bonchev–Trinajstić information content (AvgIpc) is 3.19. The number of sulfone groups is 1. The van der Waals surface area contributed by atoms with Gasteiger partial charge in [-0.2, -0.15) is 0 Å². The van der Waals surface area contributed by atoms with E-state index in [1.807, 2.05) is 72.8 Å². The van der Waals surface area contributed by atoms with Crippen LogP contribution in [-0.4, -0.2) is 55.9 Å². The summed E-state index contributed by atoms with van der Waals surface area (Å²) in [6.45, 7) is 1.63. The Hall–Kier alpha value is -5.03. The number of nitrogens with zero attached hydrogens (tertiary/aromatic N) is 1. The maximum absolute atomic E-state index is 13.2. The number of carbonyl (C=O) groups is 1. The van der Waals surface area contributed by atoms with Crippen LogP contribution < -0.4 is 14.8 Å². The molecule has 0 aromatic heterocycles. The summed E-state index contributed by atoms with van der Waals surface area (Å²) in [6.07, 6.45) is 4.18. The van der Waals surface area contributed by atoms with Crippen LogP contribution in [0.4, 0.5) is 4.39 Å². The number of benzene rings is 5. The zero-order valence-corrected chi connectivity index (χ0v) is 31.3. The van der Waals surface area contributed by atoms with Crippen molar-refractivity contribution in [2.24, 2.45) is 0 Å². The standard InChI is InChI=1S/C44H47FN2O6S/c1-54(50,51)43-26-41(24-25-42(43)53-30-34-10-6-3-7-11-34)52-31-40(48)29-47(28-33-8-4-2-5-9-33)39-22-18-36(19-23-39)35-14-16-37(17-15-35)44(49)46-27-32-12-20-38(45)21-13-32/h2-17,20-21,24-26,36,39-40,48H,18-19,22-23,27-31H2,1H3,(H,46,49)/t36-,39-,40-/m0/s1. The summed E-state index contributed by atoms with van der Waals surface area (Å²) in [5.74, 6) is 0.479. The number of rotatable bonds is 16. The Morgan fingerprint density at radius 3 is 2.11 bits per heavy atom. The van der Waals surface area contributed by atoms with Gasteiger partial charge in [-0.05, 0) is 90.3 Å². The molecule has 8 nitrogen and oxygen atoms in total. The summed E-state index contributed by atoms with van der Waals surface area (Å²) in [4.78, 5) is 15.1. The second kappa shape index (κ2) is 18.3. The van der Waals surface area contributed by atoms with Gasteiger partial charge < -0.3 is 19.9 Å². The molecule has 10 heteroatoms. The van der Waals surface area contributed by atoms with E-state index in [0.717, 1.165) is 48.6 Å². The first kappa shape index (κ1) is 38.7. The molecule has 1 aliphatic rings. The van der Waals surface area contributed by atoms with Gasteiger partial charge in [0.1, 0.15) is 41.5 Å². The van der Waals surface area contributed by atoms with E-state index < -0.39 is 15.9 Å². The predicted octanol–water partition coefficient (Wildman–Crippen LogP) is 7.71. The summed E-state index contributed by atoms with van der Waals surface area (Å²) in [5.41, 5.74) is 4.70. The summed E-state index contributed by atoms with van der Waals surface area (Å²) >= 11 is 0. The Kier molecular flexibility index (Phi) is 13.1. The van der Waals surface area contributed by atoms with Crippen molar-refractivity contribution in [3.05, 3.63) is 161 Å². The van der Waals surface area contributed by atoms with Crippen LogP contribution in [0, 0.1) is 5.82 Å². The van der Waals surface area contributed by atoms with Gasteiger partial charge in [-0.25, -0.2) is 12.8 Å². The van der Waals surface area contributed by atoms with Crippen molar-refractivity contribution in [2.45, 2.75) is 68.3 Å². The fourth-order valence-corrected chi connectivity index (χ4v) is 7.79. The fraction of sp³-hybridized carbons (Fsp3) is 0.295. The van der Waals surface area contributed by atoms with Crippen molar-refractivity contribution < 1.29 is 32.2 Å². The van der Waals surface area contributed by atoms with Crippen molar-refractivity contribution >= 4 is 15.7 Å². The van der Waals surface area contributed by atoms with Gasteiger partial charge in [0, 0.05) is 43.6 Å². The topological polar surface area (TPSA) is 105 Å². The van der Waals surface area contributed by atoms with Gasteiger partial charge >= 0.3 is 0 Å². The molecule has 1 saturated carbocycles. The highest BCUT2D eigenvalue weighted by atomic mass is 32.2. The van der Waals surface area contributed by atoms with E-state index in [2.05, 4.69) is 22.3 Å². The quantitative estimate of drug-likeness (QED) is 0.107. The molecule has 1 aliphatic carbocycles. The van der Waals surface area contributed by atoms with E-state index in [-0.39, 0.29) is 41.6 Å². The molecular weight excluding hydrogens is 704 g/mol. The second-order valence-electron chi connectivity index (χ2n) is 14.0. The van der Waals surface area contributed by atoms with Crippen LogP contribution in [0.5, 0.6) is 11.5 Å². The molecule has 0 unspecified atom stereocenters. The molecule has 2 N–H and O–H groups in total. The van der Waals surface area contributed by atoms with Gasteiger partial charge in [0.15, 0.2) is 9.84 Å². The molecule has 54 heavy (non-hydrogen) atoms. The van der Waals surface area contributed by atoms with E-state index in [1.54, 1.807) is 24.3 Å². The van der Waals surface area contributed by atoms with Crippen LogP contribution in [-0.2, 0) is 29.5 Å². The van der Waals surface area contributed by atoms with Crippen LogP contribution in [0.3, 0.4) is 0 Å². The van der Waals surface area contributed by atoms with Crippen molar-refractivity contribution in [1.82, 2.24) is 10.2 Å². The maximum Gasteiger partial charge on any atom is 0.251 e. The third kappa shape index (κ3) is 11.0. The number of aliphatic hydroxyl groups is 1. The van der Waals surface area contributed by atoms with Gasteiger partial charge in [-0.1, -0.05) is 84.9 Å². The molecule has 0 saturated heterocycles. The summed E-state index contributed by atoms with van der Waals surface area (Å²) in [5, 5.41) is 14.1. The Morgan fingerprint density at radius 1 is 0.815 bits per heavy atom. The molecule has 1 amide bonds. The van der Waals surface area contributed by atoms with Crippen LogP contribution in [0.15, 0.2) is 132 Å². The van der Waals surface area contributed by atoms with Crippen molar-refractivity contribution in [3.8, 4) is 11.5 Å². The molecule has 1 fully saturated rings. The maximum atomic E-state index is 13.2. The first-order chi connectivity index (χ1) is 26.1. The molecule has 282 valence electrons. The lowest BCUT2D eigenvalue weighted by Gasteiger charge is -2.38. The molecule has 0 bridgehead atoms. The summed E-state index contributed by atoms with van der Waals surface area (Å²) in [6, 6.07) is 38.6. The zero-order chi connectivity index (χ0) is 37.9. The van der Waals surface area contributed by atoms with Crippen LogP contribution in [0.1, 0.15) is 64.2 Å². The van der Waals surface area contributed by atoms with Gasteiger partial charge in [0.05, 0.1) is 0 Å². The molecular formula is C44H47FN2O6S. The van der Waals surface area contributed by atoms with Gasteiger partial charge in [0.2, 0.25) is 0 Å². The highest BCUT2D eigenvalue weighted by molar-refractivity contribution is 7.90. The van der Waals surface area contributed by atoms with E-state index in [9.17, 15) is 22.7 Å². The van der Waals surface area contributed by atoms with Crippen LogP contribution in [0.25, 0.3) is 0 Å². The zero-order valence-electron chi connectivity index (χ0n) is 30.4. The molecule has 5 aromatic carbocycles. The third-order valence-electron chi connectivity index (χ3n) is 9.89. The van der Waals surface area contributed by atoms with E-state index >= 15 is 0 Å². The highest BCUT2D eigenvalue weighted by Crippen LogP contribution is 2.36. The third-order valence-corrected chi connectivity index (χ3v) is 11.0. The summed E-state index contributed by atoms with van der Waals surface area (Å²) in [7, 11) is -3.61. The highest BCUT2D eigenvalue weighted by Gasteiger charge is 2.28. The molecule has 0 spiro atoms. The predicted molar refractivity (Wildman–Crippen MR) is 208 cm³/mol. The average molecular weight is 751 g/mol. The SMILES string of the molecule is CS(=O)(=O)c1cc(OC[C@@H](O)CN(Cc2ccccc2)[C@H]2CC[C@H](c3ccc(C(=O)NCc4ccc(F)cc4)cc3)CC2)ccc1OCc1ccccc1. The molecule has 0 heterocycles. The number of aliphatic hydroxyl groups excluding tert-OH is 1. The monoisotopic (exact) mass is 750 g/mol. The molecule has 0 aliphatic heterocycles. The van der Waals surface area contributed by atoms with Crippen LogP contribution >= 0.6 is 0 Å². The largest absolute Gasteiger partial charge is 0.491 e. The first-order valence-electron chi connectivity index (χ1n) is 18.3.